The third-order valence-corrected chi connectivity index (χ3v) is 5.62. The maximum Gasteiger partial charge on any atom is 0.261 e. The zero-order valence-electron chi connectivity index (χ0n) is 18.0. The highest BCUT2D eigenvalue weighted by Gasteiger charge is 2.26. The lowest BCUT2D eigenvalue weighted by Gasteiger charge is -2.14. The molecule has 1 aliphatic heterocycles. The molecule has 2 aromatic heterocycles. The molecule has 2 amide bonds. The number of carbonyl (C=O) groups excluding carboxylic acids is 2. The standard InChI is InChI=1S/C23H19N5O5S/c1-13-27-28-22(31-13)14-2-4-16(5-3-14)32-17-10-15(20(29)26-23-25-8-9-34-23)11-18(12-17)33-19-6-7-24-21(19)30/h2-5,8-12,19H,6-7H2,1H3,(H,24,30)(H,25,26,29)/t19-/m1/s1. The van der Waals surface area contributed by atoms with Crippen LogP contribution >= 0.6 is 11.3 Å². The normalized spacial score (nSPS) is 15.1. The number of rotatable bonds is 7. The van der Waals surface area contributed by atoms with Gasteiger partial charge in [0.15, 0.2) is 11.2 Å². The van der Waals surface area contributed by atoms with Crippen LogP contribution in [0.25, 0.3) is 11.5 Å². The Bertz CT molecular complexity index is 1320. The highest BCUT2D eigenvalue weighted by molar-refractivity contribution is 7.13. The van der Waals surface area contributed by atoms with Crippen molar-refractivity contribution < 1.29 is 23.5 Å². The highest BCUT2D eigenvalue weighted by atomic mass is 32.1. The first-order valence-corrected chi connectivity index (χ1v) is 11.3. The Kier molecular flexibility index (Phi) is 5.91. The van der Waals surface area contributed by atoms with E-state index < -0.39 is 6.10 Å². The van der Waals surface area contributed by atoms with E-state index in [4.69, 9.17) is 13.9 Å². The molecule has 1 aliphatic rings. The van der Waals surface area contributed by atoms with Gasteiger partial charge in [0.1, 0.15) is 17.2 Å². The molecule has 0 unspecified atom stereocenters. The second-order valence-corrected chi connectivity index (χ2v) is 8.32. The number of amides is 2. The Morgan fingerprint density at radius 3 is 2.65 bits per heavy atom. The van der Waals surface area contributed by atoms with E-state index in [0.29, 0.717) is 52.7 Å². The third-order valence-electron chi connectivity index (χ3n) is 4.93. The molecule has 2 aromatic carbocycles. The van der Waals surface area contributed by atoms with Crippen LogP contribution in [-0.2, 0) is 4.79 Å². The fourth-order valence-corrected chi connectivity index (χ4v) is 3.87. The van der Waals surface area contributed by atoms with Crippen LogP contribution in [0.5, 0.6) is 17.2 Å². The molecule has 0 spiro atoms. The van der Waals surface area contributed by atoms with Gasteiger partial charge in [0.05, 0.1) is 0 Å². The molecule has 1 saturated heterocycles. The largest absolute Gasteiger partial charge is 0.480 e. The first kappa shape index (κ1) is 21.6. The Morgan fingerprint density at radius 2 is 1.97 bits per heavy atom. The summed E-state index contributed by atoms with van der Waals surface area (Å²) >= 11 is 1.31. The average Bonchev–Trinajstić information content (AvgIpc) is 3.58. The Labute approximate surface area is 197 Å². The summed E-state index contributed by atoms with van der Waals surface area (Å²) in [7, 11) is 0. The first-order valence-electron chi connectivity index (χ1n) is 10.4. The number of anilines is 1. The summed E-state index contributed by atoms with van der Waals surface area (Å²) in [5.74, 6) is 1.59. The van der Waals surface area contributed by atoms with Gasteiger partial charge in [0.25, 0.3) is 11.8 Å². The molecule has 0 aliphatic carbocycles. The van der Waals surface area contributed by atoms with Crippen molar-refractivity contribution in [2.45, 2.75) is 19.4 Å². The minimum absolute atomic E-state index is 0.188. The lowest BCUT2D eigenvalue weighted by molar-refractivity contribution is -0.124. The smallest absolute Gasteiger partial charge is 0.261 e. The molecule has 5 rings (SSSR count). The Morgan fingerprint density at radius 1 is 1.15 bits per heavy atom. The summed E-state index contributed by atoms with van der Waals surface area (Å²) in [5.41, 5.74) is 1.06. The zero-order valence-corrected chi connectivity index (χ0v) is 18.8. The molecular formula is C23H19N5O5S. The van der Waals surface area contributed by atoms with Crippen LogP contribution < -0.4 is 20.1 Å². The van der Waals surface area contributed by atoms with E-state index in [-0.39, 0.29) is 11.8 Å². The summed E-state index contributed by atoms with van der Waals surface area (Å²) in [4.78, 5) is 28.9. The van der Waals surface area contributed by atoms with E-state index in [1.807, 2.05) is 0 Å². The fourth-order valence-electron chi connectivity index (χ4n) is 3.35. The van der Waals surface area contributed by atoms with Gasteiger partial charge >= 0.3 is 0 Å². The topological polar surface area (TPSA) is 128 Å². The summed E-state index contributed by atoms with van der Waals surface area (Å²) in [6.07, 6.45) is 1.52. The van der Waals surface area contributed by atoms with E-state index in [2.05, 4.69) is 25.8 Å². The van der Waals surface area contributed by atoms with Crippen LogP contribution in [0.4, 0.5) is 5.13 Å². The second-order valence-electron chi connectivity index (χ2n) is 7.42. The quantitative estimate of drug-likeness (QED) is 0.411. The maximum absolute atomic E-state index is 12.8. The van der Waals surface area contributed by atoms with Crippen LogP contribution in [0.1, 0.15) is 22.7 Å². The minimum Gasteiger partial charge on any atom is -0.480 e. The summed E-state index contributed by atoms with van der Waals surface area (Å²) in [6, 6.07) is 11.9. The molecule has 172 valence electrons. The van der Waals surface area contributed by atoms with Crippen molar-refractivity contribution >= 4 is 28.3 Å². The lowest BCUT2D eigenvalue weighted by Crippen LogP contribution is -2.27. The van der Waals surface area contributed by atoms with Crippen molar-refractivity contribution in [3.8, 4) is 28.7 Å². The monoisotopic (exact) mass is 477 g/mol. The van der Waals surface area contributed by atoms with Crippen molar-refractivity contribution in [1.82, 2.24) is 20.5 Å². The summed E-state index contributed by atoms with van der Waals surface area (Å²) in [5, 5.41) is 15.5. The van der Waals surface area contributed by atoms with Gasteiger partial charge in [-0.05, 0) is 36.4 Å². The average molecular weight is 478 g/mol. The van der Waals surface area contributed by atoms with Crippen molar-refractivity contribution in [2.75, 3.05) is 11.9 Å². The second kappa shape index (κ2) is 9.32. The number of hydrogen-bond donors (Lipinski definition) is 2. The van der Waals surface area contributed by atoms with Crippen molar-refractivity contribution in [1.29, 1.82) is 0 Å². The molecule has 2 N–H and O–H groups in total. The van der Waals surface area contributed by atoms with Gasteiger partial charge in [-0.25, -0.2) is 4.98 Å². The van der Waals surface area contributed by atoms with Gasteiger partial charge in [-0.2, -0.15) is 0 Å². The SMILES string of the molecule is Cc1nnc(-c2ccc(Oc3cc(O[C@@H]4CCNC4=O)cc(C(=O)Nc4nccs4)c3)cc2)o1. The molecule has 0 radical (unpaired) electrons. The predicted molar refractivity (Wildman–Crippen MR) is 123 cm³/mol. The van der Waals surface area contributed by atoms with Gasteiger partial charge in [0.2, 0.25) is 11.8 Å². The molecular weight excluding hydrogens is 458 g/mol. The number of nitrogens with zero attached hydrogens (tertiary/aromatic N) is 3. The molecule has 0 saturated carbocycles. The van der Waals surface area contributed by atoms with Gasteiger partial charge in [-0.1, -0.05) is 0 Å². The maximum atomic E-state index is 12.8. The number of carbonyl (C=O) groups is 2. The van der Waals surface area contributed by atoms with E-state index in [0.717, 1.165) is 5.56 Å². The zero-order chi connectivity index (χ0) is 23.5. The van der Waals surface area contributed by atoms with Gasteiger partial charge < -0.3 is 19.2 Å². The van der Waals surface area contributed by atoms with Crippen LogP contribution in [-0.4, -0.2) is 39.6 Å². The summed E-state index contributed by atoms with van der Waals surface area (Å²) in [6.45, 7) is 2.27. The predicted octanol–water partition coefficient (Wildman–Crippen LogP) is 3.81. The van der Waals surface area contributed by atoms with Crippen LogP contribution in [0.15, 0.2) is 58.5 Å². The molecule has 3 heterocycles. The molecule has 0 bridgehead atoms. The van der Waals surface area contributed by atoms with Gasteiger partial charge in [-0.15, -0.1) is 21.5 Å². The number of aromatic nitrogens is 3. The van der Waals surface area contributed by atoms with Crippen molar-refractivity contribution in [3.63, 3.8) is 0 Å². The van der Waals surface area contributed by atoms with Crippen molar-refractivity contribution in [3.05, 3.63) is 65.5 Å². The minimum atomic E-state index is -0.623. The highest BCUT2D eigenvalue weighted by Crippen LogP contribution is 2.30. The first-order chi connectivity index (χ1) is 16.5. The number of hydrogen-bond acceptors (Lipinski definition) is 9. The van der Waals surface area contributed by atoms with E-state index in [1.54, 1.807) is 61.0 Å². The molecule has 1 fully saturated rings. The van der Waals surface area contributed by atoms with Crippen LogP contribution in [0, 0.1) is 6.92 Å². The fraction of sp³-hybridized carbons (Fsp3) is 0.174. The molecule has 1 atom stereocenters. The van der Waals surface area contributed by atoms with Crippen molar-refractivity contribution in [2.24, 2.45) is 0 Å². The Balaban J connectivity index is 1.39. The molecule has 10 nitrogen and oxygen atoms in total. The number of nitrogens with one attached hydrogen (secondary N) is 2. The molecule has 11 heteroatoms. The van der Waals surface area contributed by atoms with Gasteiger partial charge in [-0.3, -0.25) is 14.9 Å². The number of thiazole rings is 1. The van der Waals surface area contributed by atoms with E-state index in [9.17, 15) is 9.59 Å². The lowest BCUT2D eigenvalue weighted by atomic mass is 10.1. The number of aryl methyl sites for hydroxylation is 1. The van der Waals surface area contributed by atoms with Crippen LogP contribution in [0.2, 0.25) is 0 Å². The third kappa shape index (κ3) is 4.89. The number of ether oxygens (including phenoxy) is 2. The number of benzene rings is 2. The molecule has 4 aromatic rings. The van der Waals surface area contributed by atoms with E-state index >= 15 is 0 Å². The molecule has 34 heavy (non-hydrogen) atoms. The Hall–Kier alpha value is -4.25. The van der Waals surface area contributed by atoms with Gasteiger partial charge in [0, 0.05) is 48.7 Å². The van der Waals surface area contributed by atoms with E-state index in [1.165, 1.54) is 11.3 Å². The van der Waals surface area contributed by atoms with Crippen LogP contribution in [0.3, 0.4) is 0 Å². The summed E-state index contributed by atoms with van der Waals surface area (Å²) < 4.78 is 17.3.